The van der Waals surface area contributed by atoms with E-state index in [1.807, 2.05) is 19.1 Å². The summed E-state index contributed by atoms with van der Waals surface area (Å²) in [6.07, 6.45) is 2.67. The van der Waals surface area contributed by atoms with Gasteiger partial charge in [-0.1, -0.05) is 52.0 Å². The molecule has 3 amide bonds. The zero-order chi connectivity index (χ0) is 23.7. The van der Waals surface area contributed by atoms with Crippen molar-refractivity contribution in [3.05, 3.63) is 35.4 Å². The van der Waals surface area contributed by atoms with Crippen LogP contribution >= 0.6 is 0 Å². The number of nitrogens with zero attached hydrogens (tertiary/aromatic N) is 1. The summed E-state index contributed by atoms with van der Waals surface area (Å²) in [6, 6.07) is 6.57. The van der Waals surface area contributed by atoms with Gasteiger partial charge < -0.3 is 10.1 Å². The Morgan fingerprint density at radius 3 is 2.28 bits per heavy atom. The van der Waals surface area contributed by atoms with Crippen molar-refractivity contribution in [2.24, 2.45) is 11.3 Å². The van der Waals surface area contributed by atoms with Crippen molar-refractivity contribution in [3.63, 3.8) is 0 Å². The van der Waals surface area contributed by atoms with E-state index in [-0.39, 0.29) is 17.1 Å². The van der Waals surface area contributed by atoms with Crippen LogP contribution in [0.1, 0.15) is 76.2 Å². The van der Waals surface area contributed by atoms with E-state index in [1.165, 1.54) is 6.92 Å². The van der Waals surface area contributed by atoms with Crippen LogP contribution in [0, 0.1) is 11.3 Å². The molecule has 0 bridgehead atoms. The van der Waals surface area contributed by atoms with Gasteiger partial charge in [0.2, 0.25) is 5.78 Å². The Hall–Kier alpha value is -2.70. The molecule has 32 heavy (non-hydrogen) atoms. The standard InChI is InChI=1S/C25H34N2O5/c1-6-17-7-9-18(10-8-17)21(29)16(2)32-20(28)15-27-22(30)25(26-23(27)31)13-11-19(12-14-25)24(3,4)5/h7-10,16,19H,6,11-15H2,1-5H3,(H,26,31). The zero-order valence-corrected chi connectivity index (χ0v) is 19.7. The lowest BCUT2D eigenvalue weighted by molar-refractivity contribution is -0.150. The van der Waals surface area contributed by atoms with Crippen LogP contribution in [0.5, 0.6) is 0 Å². The highest BCUT2D eigenvalue weighted by molar-refractivity contribution is 6.09. The first kappa shape index (κ1) is 24.0. The normalized spacial score (nSPS) is 24.4. The molecule has 1 aliphatic carbocycles. The van der Waals surface area contributed by atoms with Gasteiger partial charge in [0.1, 0.15) is 12.1 Å². The van der Waals surface area contributed by atoms with Crippen LogP contribution in [0.25, 0.3) is 0 Å². The number of nitrogens with one attached hydrogen (secondary N) is 1. The molecule has 174 valence electrons. The maximum absolute atomic E-state index is 13.1. The van der Waals surface area contributed by atoms with Gasteiger partial charge in [-0.3, -0.25) is 19.3 Å². The Kier molecular flexibility index (Phi) is 6.77. The fraction of sp³-hybridized carbons (Fsp3) is 0.600. The van der Waals surface area contributed by atoms with Crippen molar-refractivity contribution in [2.45, 2.75) is 78.4 Å². The van der Waals surface area contributed by atoms with E-state index >= 15 is 0 Å². The molecule has 1 saturated carbocycles. The van der Waals surface area contributed by atoms with Gasteiger partial charge >= 0.3 is 12.0 Å². The number of ketones is 1. The number of imide groups is 1. The van der Waals surface area contributed by atoms with Gasteiger partial charge in [0.15, 0.2) is 6.10 Å². The number of carbonyl (C=O) groups is 4. The molecule has 2 aliphatic rings. The van der Waals surface area contributed by atoms with Crippen molar-refractivity contribution in [2.75, 3.05) is 6.54 Å². The molecule has 7 heteroatoms. The average Bonchev–Trinajstić information content (AvgIpc) is 2.96. The van der Waals surface area contributed by atoms with Gasteiger partial charge in [0.05, 0.1) is 0 Å². The number of amides is 3. The number of urea groups is 1. The third kappa shape index (κ3) is 4.87. The van der Waals surface area contributed by atoms with Crippen LogP contribution < -0.4 is 5.32 Å². The molecule has 2 fully saturated rings. The molecule has 1 heterocycles. The smallest absolute Gasteiger partial charge is 0.326 e. The summed E-state index contributed by atoms with van der Waals surface area (Å²) in [5.41, 5.74) is 0.778. The molecule has 1 spiro atoms. The molecule has 1 aromatic carbocycles. The Labute approximate surface area is 189 Å². The van der Waals surface area contributed by atoms with Crippen LogP contribution in [0.15, 0.2) is 24.3 Å². The van der Waals surface area contributed by atoms with Gasteiger partial charge in [0, 0.05) is 5.56 Å². The number of esters is 1. The summed E-state index contributed by atoms with van der Waals surface area (Å²) in [5.74, 6) is -0.994. The van der Waals surface area contributed by atoms with E-state index in [1.54, 1.807) is 12.1 Å². The second-order valence-corrected chi connectivity index (χ2v) is 10.1. The first-order valence-corrected chi connectivity index (χ1v) is 11.4. The van der Waals surface area contributed by atoms with E-state index in [0.717, 1.165) is 29.7 Å². The number of carbonyl (C=O) groups excluding carboxylic acids is 4. The lowest BCUT2D eigenvalue weighted by Gasteiger charge is -2.40. The van der Waals surface area contributed by atoms with Crippen molar-refractivity contribution in [3.8, 4) is 0 Å². The summed E-state index contributed by atoms with van der Waals surface area (Å²) in [5, 5.41) is 2.82. The molecule has 1 aliphatic heterocycles. The predicted octanol–water partition coefficient (Wildman–Crippen LogP) is 3.89. The molecule has 0 radical (unpaired) electrons. The Morgan fingerprint density at radius 2 is 1.75 bits per heavy atom. The van der Waals surface area contributed by atoms with Crippen LogP contribution in [0.2, 0.25) is 0 Å². The maximum atomic E-state index is 13.1. The van der Waals surface area contributed by atoms with Crippen molar-refractivity contribution >= 4 is 23.7 Å². The SMILES string of the molecule is CCc1ccc(C(=O)C(C)OC(=O)CN2C(=O)NC3(CCC(C(C)(C)C)CC3)C2=O)cc1. The predicted molar refractivity (Wildman–Crippen MR) is 120 cm³/mol. The number of rotatable bonds is 6. The van der Waals surface area contributed by atoms with Crippen molar-refractivity contribution in [1.29, 1.82) is 0 Å². The topological polar surface area (TPSA) is 92.8 Å². The van der Waals surface area contributed by atoms with Crippen molar-refractivity contribution in [1.82, 2.24) is 10.2 Å². The third-order valence-corrected chi connectivity index (χ3v) is 6.92. The Morgan fingerprint density at radius 1 is 1.16 bits per heavy atom. The molecular formula is C25H34N2O5. The fourth-order valence-electron chi connectivity index (χ4n) is 4.69. The van der Waals surface area contributed by atoms with E-state index < -0.39 is 30.2 Å². The van der Waals surface area contributed by atoms with Gasteiger partial charge in [-0.05, 0) is 55.9 Å². The lowest BCUT2D eigenvalue weighted by atomic mass is 9.67. The van der Waals surface area contributed by atoms with E-state index in [0.29, 0.717) is 24.3 Å². The van der Waals surface area contributed by atoms with Gasteiger partial charge in [-0.15, -0.1) is 0 Å². The van der Waals surface area contributed by atoms with Gasteiger partial charge in [-0.25, -0.2) is 4.79 Å². The largest absolute Gasteiger partial charge is 0.453 e. The molecule has 7 nitrogen and oxygen atoms in total. The summed E-state index contributed by atoms with van der Waals surface area (Å²) < 4.78 is 5.26. The van der Waals surface area contributed by atoms with Crippen LogP contribution in [-0.2, 0) is 20.7 Å². The summed E-state index contributed by atoms with van der Waals surface area (Å²) in [7, 11) is 0. The number of benzene rings is 1. The van der Waals surface area contributed by atoms with Crippen molar-refractivity contribution < 1.29 is 23.9 Å². The molecule has 1 N–H and O–H groups in total. The molecule has 1 unspecified atom stereocenters. The fourth-order valence-corrected chi connectivity index (χ4v) is 4.69. The number of hydrogen-bond donors (Lipinski definition) is 1. The average molecular weight is 443 g/mol. The first-order valence-electron chi connectivity index (χ1n) is 11.4. The van der Waals surface area contributed by atoms with Gasteiger partial charge in [-0.2, -0.15) is 0 Å². The highest BCUT2D eigenvalue weighted by Crippen LogP contribution is 2.43. The number of Topliss-reactive ketones (excluding diaryl/α,β-unsaturated/α-hetero) is 1. The molecule has 3 rings (SSSR count). The highest BCUT2D eigenvalue weighted by atomic mass is 16.5. The minimum absolute atomic E-state index is 0.149. The number of ether oxygens (including phenoxy) is 1. The minimum Gasteiger partial charge on any atom is -0.453 e. The quantitative estimate of drug-likeness (QED) is 0.410. The van der Waals surface area contributed by atoms with Crippen LogP contribution in [0.3, 0.4) is 0 Å². The third-order valence-electron chi connectivity index (χ3n) is 6.92. The monoisotopic (exact) mass is 442 g/mol. The molecule has 0 aromatic heterocycles. The highest BCUT2D eigenvalue weighted by Gasteiger charge is 2.53. The Bertz CT molecular complexity index is 892. The Balaban J connectivity index is 1.58. The van der Waals surface area contributed by atoms with Gasteiger partial charge in [0.25, 0.3) is 5.91 Å². The van der Waals surface area contributed by atoms with Crippen LogP contribution in [0.4, 0.5) is 4.79 Å². The first-order chi connectivity index (χ1) is 15.0. The molecular weight excluding hydrogens is 408 g/mol. The number of aryl methyl sites for hydroxylation is 1. The maximum Gasteiger partial charge on any atom is 0.326 e. The molecule has 1 aromatic rings. The molecule has 1 saturated heterocycles. The summed E-state index contributed by atoms with van der Waals surface area (Å²) in [6.45, 7) is 9.59. The van der Waals surface area contributed by atoms with E-state index in [4.69, 9.17) is 4.74 Å². The minimum atomic E-state index is -1.01. The summed E-state index contributed by atoms with van der Waals surface area (Å²) in [4.78, 5) is 51.5. The summed E-state index contributed by atoms with van der Waals surface area (Å²) >= 11 is 0. The van der Waals surface area contributed by atoms with E-state index in [2.05, 4.69) is 26.1 Å². The second kappa shape index (κ2) is 9.04. The van der Waals surface area contributed by atoms with Crippen LogP contribution in [-0.4, -0.2) is 46.8 Å². The zero-order valence-electron chi connectivity index (χ0n) is 19.7. The van der Waals surface area contributed by atoms with E-state index in [9.17, 15) is 19.2 Å². The lowest BCUT2D eigenvalue weighted by Crippen LogP contribution is -2.50. The second-order valence-electron chi connectivity index (χ2n) is 10.1. The number of hydrogen-bond acceptors (Lipinski definition) is 5. The molecule has 1 atom stereocenters.